The van der Waals surface area contributed by atoms with Crippen LogP contribution in [-0.4, -0.2) is 36.5 Å². The molecule has 0 fully saturated rings. The molecule has 0 saturated heterocycles. The van der Waals surface area contributed by atoms with Gasteiger partial charge in [-0.25, -0.2) is 10.2 Å². The van der Waals surface area contributed by atoms with Gasteiger partial charge in [0.25, 0.3) is 5.91 Å². The van der Waals surface area contributed by atoms with Gasteiger partial charge in [-0.3, -0.25) is 4.79 Å². The topological polar surface area (TPSA) is 89.0 Å². The Labute approximate surface area is 216 Å². The Balaban J connectivity index is 1.50. The number of hydrogen-bond donors (Lipinski definition) is 2. The van der Waals surface area contributed by atoms with Crippen LogP contribution in [0.25, 0.3) is 21.5 Å². The predicted octanol–water partition coefficient (Wildman–Crippen LogP) is 5.55. The van der Waals surface area contributed by atoms with Crippen molar-refractivity contribution < 1.29 is 19.1 Å². The Bertz CT molecular complexity index is 1360. The summed E-state index contributed by atoms with van der Waals surface area (Å²) in [5.74, 6) is -0.514. The molecule has 0 heterocycles. The third-order valence-corrected chi connectivity index (χ3v) is 5.58. The fraction of sp³-hybridized carbons (Fsp3) is 0.233. The Hall–Kier alpha value is -4.23. The molecule has 2 amide bonds. The predicted molar refractivity (Wildman–Crippen MR) is 146 cm³/mol. The van der Waals surface area contributed by atoms with Crippen molar-refractivity contribution in [2.24, 2.45) is 5.10 Å². The van der Waals surface area contributed by atoms with Gasteiger partial charge in [-0.15, -0.1) is 0 Å². The SMILES string of the molecule is CC(C)(C)OC(=O)N[C@@H](COCc1ccccc1)C(=O)N/N=C\c1c2ccccc2cc2ccccc12. The van der Waals surface area contributed by atoms with E-state index in [2.05, 4.69) is 21.9 Å². The van der Waals surface area contributed by atoms with Crippen LogP contribution in [0.3, 0.4) is 0 Å². The van der Waals surface area contributed by atoms with Crippen molar-refractivity contribution in [3.8, 4) is 0 Å². The average Bonchev–Trinajstić information content (AvgIpc) is 2.87. The van der Waals surface area contributed by atoms with Crippen molar-refractivity contribution >= 4 is 39.8 Å². The van der Waals surface area contributed by atoms with E-state index in [0.29, 0.717) is 6.61 Å². The second-order valence-electron chi connectivity index (χ2n) is 9.67. The van der Waals surface area contributed by atoms with Gasteiger partial charge in [-0.2, -0.15) is 5.10 Å². The number of benzene rings is 4. The van der Waals surface area contributed by atoms with Gasteiger partial charge in [0, 0.05) is 5.56 Å². The molecule has 4 aromatic rings. The Morgan fingerprint density at radius 3 is 2.11 bits per heavy atom. The number of carbonyl (C=O) groups is 2. The van der Waals surface area contributed by atoms with Gasteiger partial charge in [0.2, 0.25) is 0 Å². The maximum atomic E-state index is 13.0. The number of amides is 2. The number of fused-ring (bicyclic) bond motifs is 2. The molecule has 2 N–H and O–H groups in total. The highest BCUT2D eigenvalue weighted by molar-refractivity contribution is 6.13. The fourth-order valence-electron chi connectivity index (χ4n) is 3.93. The minimum atomic E-state index is -1.00. The van der Waals surface area contributed by atoms with Gasteiger partial charge in [0.1, 0.15) is 11.6 Å². The molecular weight excluding hydrogens is 466 g/mol. The number of ether oxygens (including phenoxy) is 2. The van der Waals surface area contributed by atoms with E-state index in [0.717, 1.165) is 32.7 Å². The van der Waals surface area contributed by atoms with E-state index in [4.69, 9.17) is 9.47 Å². The molecule has 0 bridgehead atoms. The van der Waals surface area contributed by atoms with Crippen molar-refractivity contribution in [1.82, 2.24) is 10.7 Å². The normalized spacial score (nSPS) is 12.5. The van der Waals surface area contributed by atoms with Crippen molar-refractivity contribution in [3.05, 3.63) is 96.1 Å². The van der Waals surface area contributed by atoms with Crippen molar-refractivity contribution in [2.75, 3.05) is 6.61 Å². The number of alkyl carbamates (subject to hydrolysis) is 1. The summed E-state index contributed by atoms with van der Waals surface area (Å²) in [5, 5.41) is 11.0. The molecule has 0 aliphatic heterocycles. The van der Waals surface area contributed by atoms with Crippen LogP contribution in [0, 0.1) is 0 Å². The summed E-state index contributed by atoms with van der Waals surface area (Å²) in [6, 6.07) is 26.8. The Kier molecular flexibility index (Phi) is 8.15. The van der Waals surface area contributed by atoms with Crippen LogP contribution in [-0.2, 0) is 20.9 Å². The second-order valence-corrected chi connectivity index (χ2v) is 9.67. The van der Waals surface area contributed by atoms with Crippen molar-refractivity contribution in [1.29, 1.82) is 0 Å². The van der Waals surface area contributed by atoms with Crippen LogP contribution >= 0.6 is 0 Å². The molecule has 190 valence electrons. The lowest BCUT2D eigenvalue weighted by molar-refractivity contribution is -0.124. The number of hydrazone groups is 1. The van der Waals surface area contributed by atoms with Crippen molar-refractivity contribution in [3.63, 3.8) is 0 Å². The largest absolute Gasteiger partial charge is 0.444 e. The number of carbonyl (C=O) groups excluding carboxylic acids is 2. The first-order valence-corrected chi connectivity index (χ1v) is 12.1. The summed E-state index contributed by atoms with van der Waals surface area (Å²) < 4.78 is 11.1. The Morgan fingerprint density at radius 1 is 0.892 bits per heavy atom. The lowest BCUT2D eigenvalue weighted by Gasteiger charge is -2.22. The summed E-state index contributed by atoms with van der Waals surface area (Å²) in [7, 11) is 0. The first-order chi connectivity index (χ1) is 17.8. The zero-order valence-corrected chi connectivity index (χ0v) is 21.2. The zero-order chi connectivity index (χ0) is 26.3. The minimum Gasteiger partial charge on any atom is -0.444 e. The van der Waals surface area contributed by atoms with Crippen LogP contribution in [0.15, 0.2) is 90.0 Å². The summed E-state index contributed by atoms with van der Waals surface area (Å²) in [4.78, 5) is 25.4. The van der Waals surface area contributed by atoms with Gasteiger partial charge < -0.3 is 14.8 Å². The third-order valence-electron chi connectivity index (χ3n) is 5.58. The fourth-order valence-corrected chi connectivity index (χ4v) is 3.93. The smallest absolute Gasteiger partial charge is 0.408 e. The van der Waals surface area contributed by atoms with E-state index in [1.54, 1.807) is 27.0 Å². The molecule has 4 aromatic carbocycles. The molecule has 0 unspecified atom stereocenters. The first kappa shape index (κ1) is 25.9. The van der Waals surface area contributed by atoms with Gasteiger partial charge in [0.05, 0.1) is 19.4 Å². The second kappa shape index (κ2) is 11.7. The van der Waals surface area contributed by atoms with Gasteiger partial charge in [-0.05, 0) is 53.9 Å². The van der Waals surface area contributed by atoms with Crippen LogP contribution in [0.2, 0.25) is 0 Å². The van der Waals surface area contributed by atoms with E-state index in [1.807, 2.05) is 78.9 Å². The highest BCUT2D eigenvalue weighted by Crippen LogP contribution is 2.27. The molecule has 7 heteroatoms. The molecule has 4 rings (SSSR count). The van der Waals surface area contributed by atoms with E-state index < -0.39 is 23.6 Å². The lowest BCUT2D eigenvalue weighted by atomic mass is 9.97. The molecule has 0 aliphatic carbocycles. The highest BCUT2D eigenvalue weighted by atomic mass is 16.6. The number of hydrogen-bond acceptors (Lipinski definition) is 5. The summed E-state index contributed by atoms with van der Waals surface area (Å²) in [5.41, 5.74) is 3.71. The van der Waals surface area contributed by atoms with Crippen LogP contribution in [0.4, 0.5) is 4.79 Å². The molecule has 0 aromatic heterocycles. The van der Waals surface area contributed by atoms with Crippen LogP contribution < -0.4 is 10.7 Å². The average molecular weight is 498 g/mol. The van der Waals surface area contributed by atoms with E-state index in [-0.39, 0.29) is 6.61 Å². The molecule has 0 radical (unpaired) electrons. The number of rotatable bonds is 8. The third kappa shape index (κ3) is 7.15. The Morgan fingerprint density at radius 2 is 1.49 bits per heavy atom. The van der Waals surface area contributed by atoms with Gasteiger partial charge >= 0.3 is 6.09 Å². The molecule has 7 nitrogen and oxygen atoms in total. The number of nitrogens with zero attached hydrogens (tertiary/aromatic N) is 1. The summed E-state index contributed by atoms with van der Waals surface area (Å²) >= 11 is 0. The van der Waals surface area contributed by atoms with Crippen LogP contribution in [0.5, 0.6) is 0 Å². The molecular formula is C30H31N3O4. The monoisotopic (exact) mass is 497 g/mol. The van der Waals surface area contributed by atoms with Gasteiger partial charge in [-0.1, -0.05) is 78.9 Å². The van der Waals surface area contributed by atoms with Crippen LogP contribution in [0.1, 0.15) is 31.9 Å². The quantitative estimate of drug-likeness (QED) is 0.190. The van der Waals surface area contributed by atoms with Gasteiger partial charge in [0.15, 0.2) is 0 Å². The van der Waals surface area contributed by atoms with E-state index >= 15 is 0 Å². The first-order valence-electron chi connectivity index (χ1n) is 12.1. The highest BCUT2D eigenvalue weighted by Gasteiger charge is 2.24. The maximum absolute atomic E-state index is 13.0. The molecule has 0 spiro atoms. The van der Waals surface area contributed by atoms with E-state index in [9.17, 15) is 9.59 Å². The zero-order valence-electron chi connectivity index (χ0n) is 21.2. The lowest BCUT2D eigenvalue weighted by Crippen LogP contribution is -2.49. The molecule has 0 saturated carbocycles. The summed E-state index contributed by atoms with van der Waals surface area (Å²) in [6.07, 6.45) is 0.928. The maximum Gasteiger partial charge on any atom is 0.408 e. The minimum absolute atomic E-state index is 0.0489. The summed E-state index contributed by atoms with van der Waals surface area (Å²) in [6.45, 7) is 5.52. The molecule has 0 aliphatic rings. The number of nitrogens with one attached hydrogen (secondary N) is 2. The standard InChI is InChI=1S/C30H31N3O4/c1-30(2,3)37-29(35)32-27(20-36-19-21-11-5-4-6-12-21)28(34)33-31-18-26-24-15-9-7-13-22(24)17-23-14-8-10-16-25(23)26/h4-18,27H,19-20H2,1-3H3,(H,32,35)(H,33,34)/b31-18-/t27-/m0/s1. The molecule has 1 atom stereocenters. The molecule has 37 heavy (non-hydrogen) atoms. The van der Waals surface area contributed by atoms with Crippen molar-refractivity contribution in [2.45, 2.75) is 39.0 Å². The van der Waals surface area contributed by atoms with E-state index in [1.165, 1.54) is 0 Å².